The number of ether oxygens (including phenoxy) is 1. The van der Waals surface area contributed by atoms with Gasteiger partial charge in [0, 0.05) is 24.9 Å². The van der Waals surface area contributed by atoms with Gasteiger partial charge in [-0.05, 0) is 32.9 Å². The van der Waals surface area contributed by atoms with Gasteiger partial charge in [0.1, 0.15) is 5.15 Å². The van der Waals surface area contributed by atoms with E-state index in [0.717, 1.165) is 31.7 Å². The summed E-state index contributed by atoms with van der Waals surface area (Å²) in [5.41, 5.74) is 1.04. The zero-order valence-electron chi connectivity index (χ0n) is 10.3. The lowest BCUT2D eigenvalue weighted by molar-refractivity contribution is 0.0770. The largest absolute Gasteiger partial charge is 0.379 e. The van der Waals surface area contributed by atoms with Crippen LogP contribution in [0.4, 0.5) is 0 Å². The molecule has 0 atom stereocenters. The number of hydrogen-bond donors (Lipinski definition) is 1. The first-order chi connectivity index (χ1) is 7.70. The van der Waals surface area contributed by atoms with E-state index in [1.807, 2.05) is 26.0 Å². The van der Waals surface area contributed by atoms with Gasteiger partial charge in [-0.3, -0.25) is 0 Å². The summed E-state index contributed by atoms with van der Waals surface area (Å²) in [6.45, 7) is 6.57. The molecule has 0 radical (unpaired) electrons. The molecular formula is C12H20Cl2N2O. The molecule has 0 amide bonds. The van der Waals surface area contributed by atoms with Gasteiger partial charge >= 0.3 is 0 Å². The number of nitrogens with zero attached hydrogens (tertiary/aromatic N) is 1. The van der Waals surface area contributed by atoms with Crippen molar-refractivity contribution in [3.8, 4) is 0 Å². The van der Waals surface area contributed by atoms with Gasteiger partial charge in [-0.1, -0.05) is 17.7 Å². The molecule has 17 heavy (non-hydrogen) atoms. The third-order valence-corrected chi connectivity index (χ3v) is 2.44. The van der Waals surface area contributed by atoms with Gasteiger partial charge in [0.05, 0.1) is 6.10 Å². The third kappa shape index (κ3) is 7.55. The number of aromatic nitrogens is 1. The Bertz CT molecular complexity index is 308. The van der Waals surface area contributed by atoms with Crippen LogP contribution >= 0.6 is 24.0 Å². The summed E-state index contributed by atoms with van der Waals surface area (Å²) in [6, 6.07) is 3.87. The average Bonchev–Trinajstić information content (AvgIpc) is 2.25. The third-order valence-electron chi connectivity index (χ3n) is 2.10. The lowest BCUT2D eigenvalue weighted by atomic mass is 10.3. The van der Waals surface area contributed by atoms with Crippen LogP contribution in [-0.4, -0.2) is 24.2 Å². The van der Waals surface area contributed by atoms with E-state index in [1.165, 1.54) is 0 Å². The van der Waals surface area contributed by atoms with Crippen molar-refractivity contribution in [3.05, 3.63) is 29.0 Å². The molecule has 0 fully saturated rings. The van der Waals surface area contributed by atoms with E-state index >= 15 is 0 Å². The lowest BCUT2D eigenvalue weighted by Crippen LogP contribution is -2.17. The molecule has 1 rings (SSSR count). The Kier molecular flexibility index (Phi) is 9.46. The molecule has 1 aromatic rings. The van der Waals surface area contributed by atoms with Crippen LogP contribution in [0.5, 0.6) is 0 Å². The van der Waals surface area contributed by atoms with Gasteiger partial charge in [-0.25, -0.2) is 4.98 Å². The summed E-state index contributed by atoms with van der Waals surface area (Å²) in [7, 11) is 0. The second-order valence-corrected chi connectivity index (χ2v) is 4.26. The minimum Gasteiger partial charge on any atom is -0.379 e. The SMILES string of the molecule is CC(C)OCCCNCc1cccnc1Cl.Cl. The molecule has 0 aliphatic rings. The summed E-state index contributed by atoms with van der Waals surface area (Å²) in [6.07, 6.45) is 3.02. The molecule has 0 aliphatic heterocycles. The average molecular weight is 279 g/mol. The minimum absolute atomic E-state index is 0. The topological polar surface area (TPSA) is 34.1 Å². The molecule has 0 spiro atoms. The first-order valence-electron chi connectivity index (χ1n) is 5.62. The Morgan fingerprint density at radius 3 is 2.88 bits per heavy atom. The van der Waals surface area contributed by atoms with E-state index in [-0.39, 0.29) is 12.4 Å². The number of rotatable bonds is 7. The van der Waals surface area contributed by atoms with Crippen molar-refractivity contribution in [2.75, 3.05) is 13.2 Å². The molecule has 0 aliphatic carbocycles. The highest BCUT2D eigenvalue weighted by atomic mass is 35.5. The maximum absolute atomic E-state index is 5.93. The summed E-state index contributed by atoms with van der Waals surface area (Å²) in [4.78, 5) is 4.02. The van der Waals surface area contributed by atoms with Gasteiger partial charge in [-0.15, -0.1) is 12.4 Å². The normalized spacial score (nSPS) is 10.4. The molecule has 0 saturated heterocycles. The number of halogens is 2. The maximum Gasteiger partial charge on any atom is 0.133 e. The number of pyridine rings is 1. The molecule has 0 saturated carbocycles. The van der Waals surface area contributed by atoms with Crippen LogP contribution in [0.2, 0.25) is 5.15 Å². The molecule has 0 unspecified atom stereocenters. The van der Waals surface area contributed by atoms with Crippen LogP contribution < -0.4 is 5.32 Å². The Morgan fingerprint density at radius 2 is 2.24 bits per heavy atom. The lowest BCUT2D eigenvalue weighted by Gasteiger charge is -2.08. The van der Waals surface area contributed by atoms with Gasteiger partial charge < -0.3 is 10.1 Å². The summed E-state index contributed by atoms with van der Waals surface area (Å²) in [5, 5.41) is 3.89. The van der Waals surface area contributed by atoms with Crippen molar-refractivity contribution in [2.45, 2.75) is 32.9 Å². The summed E-state index contributed by atoms with van der Waals surface area (Å²) < 4.78 is 5.44. The fourth-order valence-electron chi connectivity index (χ4n) is 1.29. The fraction of sp³-hybridized carbons (Fsp3) is 0.583. The van der Waals surface area contributed by atoms with Gasteiger partial charge in [-0.2, -0.15) is 0 Å². The highest BCUT2D eigenvalue weighted by molar-refractivity contribution is 6.30. The second kappa shape index (κ2) is 9.66. The molecule has 0 aromatic carbocycles. The quantitative estimate of drug-likeness (QED) is 0.615. The van der Waals surface area contributed by atoms with Crippen molar-refractivity contribution in [1.29, 1.82) is 0 Å². The van der Waals surface area contributed by atoms with Crippen LogP contribution in [-0.2, 0) is 11.3 Å². The van der Waals surface area contributed by atoms with E-state index < -0.39 is 0 Å². The van der Waals surface area contributed by atoms with Gasteiger partial charge in [0.2, 0.25) is 0 Å². The smallest absolute Gasteiger partial charge is 0.133 e. The van der Waals surface area contributed by atoms with Gasteiger partial charge in [0.15, 0.2) is 0 Å². The molecule has 0 bridgehead atoms. The monoisotopic (exact) mass is 278 g/mol. The van der Waals surface area contributed by atoms with Crippen LogP contribution in [0, 0.1) is 0 Å². The molecule has 1 N–H and O–H groups in total. The van der Waals surface area contributed by atoms with Crippen molar-refractivity contribution < 1.29 is 4.74 Å². The van der Waals surface area contributed by atoms with Crippen LogP contribution in [0.1, 0.15) is 25.8 Å². The van der Waals surface area contributed by atoms with Crippen LogP contribution in [0.3, 0.4) is 0 Å². The Morgan fingerprint density at radius 1 is 1.47 bits per heavy atom. The molecule has 98 valence electrons. The highest BCUT2D eigenvalue weighted by Gasteiger charge is 1.99. The Labute approximate surface area is 114 Å². The van der Waals surface area contributed by atoms with Crippen molar-refractivity contribution >= 4 is 24.0 Å². The highest BCUT2D eigenvalue weighted by Crippen LogP contribution is 2.10. The van der Waals surface area contributed by atoms with E-state index in [1.54, 1.807) is 6.20 Å². The molecule has 3 nitrogen and oxygen atoms in total. The van der Waals surface area contributed by atoms with Gasteiger partial charge in [0.25, 0.3) is 0 Å². The van der Waals surface area contributed by atoms with Crippen LogP contribution in [0.25, 0.3) is 0 Å². The Hall–Kier alpha value is -0.350. The van der Waals surface area contributed by atoms with E-state index in [9.17, 15) is 0 Å². The predicted octanol–water partition coefficient (Wildman–Crippen LogP) is 3.06. The fourth-order valence-corrected chi connectivity index (χ4v) is 1.48. The van der Waals surface area contributed by atoms with Crippen molar-refractivity contribution in [3.63, 3.8) is 0 Å². The second-order valence-electron chi connectivity index (χ2n) is 3.90. The zero-order chi connectivity index (χ0) is 11.8. The molecule has 1 heterocycles. The zero-order valence-corrected chi connectivity index (χ0v) is 11.9. The first-order valence-corrected chi connectivity index (χ1v) is 5.99. The van der Waals surface area contributed by atoms with E-state index in [0.29, 0.717) is 11.3 Å². The van der Waals surface area contributed by atoms with E-state index in [4.69, 9.17) is 16.3 Å². The molecule has 5 heteroatoms. The standard InChI is InChI=1S/C12H19ClN2O.ClH/c1-10(2)16-8-4-6-14-9-11-5-3-7-15-12(11)13;/h3,5,7,10,14H,4,6,8-9H2,1-2H3;1H. The summed E-state index contributed by atoms with van der Waals surface area (Å²) >= 11 is 5.93. The molecular weight excluding hydrogens is 259 g/mol. The minimum atomic E-state index is 0. The molecule has 1 aromatic heterocycles. The van der Waals surface area contributed by atoms with Crippen molar-refractivity contribution in [1.82, 2.24) is 10.3 Å². The van der Waals surface area contributed by atoms with Crippen molar-refractivity contribution in [2.24, 2.45) is 0 Å². The first kappa shape index (κ1) is 16.6. The van der Waals surface area contributed by atoms with Crippen LogP contribution in [0.15, 0.2) is 18.3 Å². The predicted molar refractivity (Wildman–Crippen MR) is 73.9 cm³/mol. The summed E-state index contributed by atoms with van der Waals surface area (Å²) in [5.74, 6) is 0. The Balaban J connectivity index is 0.00000256. The number of nitrogens with one attached hydrogen (secondary N) is 1. The number of hydrogen-bond acceptors (Lipinski definition) is 3. The van der Waals surface area contributed by atoms with E-state index in [2.05, 4.69) is 10.3 Å². The maximum atomic E-state index is 5.93.